The molecule has 0 N–H and O–H groups in total. The summed E-state index contributed by atoms with van der Waals surface area (Å²) >= 11 is 7.75. The molecule has 35 heavy (non-hydrogen) atoms. The molecule has 7 heteroatoms. The third-order valence-corrected chi connectivity index (χ3v) is 7.57. The van der Waals surface area contributed by atoms with Crippen LogP contribution in [0.4, 0.5) is 5.69 Å². The molecule has 0 aromatic heterocycles. The van der Waals surface area contributed by atoms with Crippen LogP contribution in [-0.4, -0.2) is 42.2 Å². The number of amidine groups is 1. The maximum Gasteiger partial charge on any atom is 0.286 e. The molecule has 3 aromatic rings. The van der Waals surface area contributed by atoms with E-state index in [1.807, 2.05) is 73.7 Å². The van der Waals surface area contributed by atoms with Crippen LogP contribution in [0.15, 0.2) is 82.7 Å². The van der Waals surface area contributed by atoms with Crippen LogP contribution in [0.25, 0.3) is 6.08 Å². The number of carbonyl (C=O) groups excluding carboxylic acids is 1. The van der Waals surface area contributed by atoms with Gasteiger partial charge in [-0.2, -0.15) is 4.99 Å². The molecule has 2 aliphatic heterocycles. The Balaban J connectivity index is 1.23. The fraction of sp³-hybridized carbons (Fsp3) is 0.214. The van der Waals surface area contributed by atoms with Gasteiger partial charge >= 0.3 is 0 Å². The summed E-state index contributed by atoms with van der Waals surface area (Å²) in [5.41, 5.74) is 4.18. The van der Waals surface area contributed by atoms with Crippen LogP contribution in [0.1, 0.15) is 16.7 Å². The van der Waals surface area contributed by atoms with Crippen LogP contribution in [0, 0.1) is 6.92 Å². The van der Waals surface area contributed by atoms with Gasteiger partial charge in [-0.15, -0.1) is 0 Å². The molecule has 2 heterocycles. The number of aliphatic imine (C=N–C) groups is 1. The van der Waals surface area contributed by atoms with E-state index in [1.54, 1.807) is 0 Å². The van der Waals surface area contributed by atoms with Crippen molar-refractivity contribution in [2.45, 2.75) is 13.5 Å². The van der Waals surface area contributed by atoms with Crippen LogP contribution < -0.4 is 9.64 Å². The summed E-state index contributed by atoms with van der Waals surface area (Å²) in [6.07, 6.45) is 1.88. The van der Waals surface area contributed by atoms with E-state index in [2.05, 4.69) is 26.9 Å². The van der Waals surface area contributed by atoms with Gasteiger partial charge in [0.05, 0.1) is 4.91 Å². The van der Waals surface area contributed by atoms with Crippen molar-refractivity contribution in [3.05, 3.63) is 99.4 Å². The van der Waals surface area contributed by atoms with Gasteiger partial charge in [0, 0.05) is 42.5 Å². The first kappa shape index (κ1) is 23.5. The number of nitrogens with zero attached hydrogens (tertiary/aromatic N) is 3. The van der Waals surface area contributed by atoms with E-state index in [1.165, 1.54) is 11.8 Å². The second-order valence-electron chi connectivity index (χ2n) is 8.53. The molecule has 0 saturated carbocycles. The number of ether oxygens (including phenoxy) is 1. The number of thioether (sulfide) groups is 1. The largest absolute Gasteiger partial charge is 0.488 e. The second-order valence-corrected chi connectivity index (χ2v) is 9.95. The third-order valence-electron chi connectivity index (χ3n) is 6.12. The van der Waals surface area contributed by atoms with Gasteiger partial charge in [0.1, 0.15) is 12.4 Å². The van der Waals surface area contributed by atoms with E-state index in [-0.39, 0.29) is 5.91 Å². The molecule has 0 spiro atoms. The molecular formula is C28H26ClN3O2S. The SMILES string of the molecule is Cc1ccc(N2CCN(C3=NC(=O)/C(=C\c4ccccc4OCc4ccccc4)S3)CC2)cc1Cl. The fourth-order valence-electron chi connectivity index (χ4n) is 4.08. The quantitative estimate of drug-likeness (QED) is 0.398. The maximum atomic E-state index is 12.7. The Morgan fingerprint density at radius 1 is 0.971 bits per heavy atom. The van der Waals surface area contributed by atoms with Crippen molar-refractivity contribution in [1.29, 1.82) is 0 Å². The summed E-state index contributed by atoms with van der Waals surface area (Å²) in [7, 11) is 0. The van der Waals surface area contributed by atoms with Gasteiger partial charge in [-0.3, -0.25) is 4.79 Å². The number of hydrogen-bond donors (Lipinski definition) is 0. The lowest BCUT2D eigenvalue weighted by atomic mass is 10.2. The van der Waals surface area contributed by atoms with Gasteiger partial charge in [0.25, 0.3) is 5.91 Å². The Morgan fingerprint density at radius 2 is 1.69 bits per heavy atom. The summed E-state index contributed by atoms with van der Waals surface area (Å²) in [5.74, 6) is 0.548. The van der Waals surface area contributed by atoms with Gasteiger partial charge in [0.2, 0.25) is 0 Å². The van der Waals surface area contributed by atoms with E-state index in [0.29, 0.717) is 11.5 Å². The first-order chi connectivity index (χ1) is 17.1. The third kappa shape index (κ3) is 5.55. The summed E-state index contributed by atoms with van der Waals surface area (Å²) in [6.45, 7) is 5.78. The average Bonchev–Trinajstić information content (AvgIpc) is 3.26. The highest BCUT2D eigenvalue weighted by Gasteiger charge is 2.29. The zero-order valence-corrected chi connectivity index (χ0v) is 21.1. The van der Waals surface area contributed by atoms with Crippen LogP contribution >= 0.6 is 23.4 Å². The number of piperazine rings is 1. The lowest BCUT2D eigenvalue weighted by Gasteiger charge is -2.36. The Labute approximate surface area is 215 Å². The summed E-state index contributed by atoms with van der Waals surface area (Å²) in [5, 5.41) is 1.56. The average molecular weight is 504 g/mol. The van der Waals surface area contributed by atoms with E-state index in [9.17, 15) is 4.79 Å². The maximum absolute atomic E-state index is 12.7. The number of aryl methyl sites for hydroxylation is 1. The molecule has 178 valence electrons. The molecule has 2 aliphatic rings. The lowest BCUT2D eigenvalue weighted by molar-refractivity contribution is -0.113. The lowest BCUT2D eigenvalue weighted by Crippen LogP contribution is -2.47. The van der Waals surface area contributed by atoms with Crippen LogP contribution in [0.5, 0.6) is 5.75 Å². The molecule has 0 bridgehead atoms. The van der Waals surface area contributed by atoms with Crippen molar-refractivity contribution >= 4 is 46.2 Å². The minimum atomic E-state index is -0.199. The zero-order valence-electron chi connectivity index (χ0n) is 19.5. The monoisotopic (exact) mass is 503 g/mol. The number of amides is 1. The van der Waals surface area contributed by atoms with Crippen LogP contribution in [0.2, 0.25) is 5.02 Å². The predicted octanol–water partition coefficient (Wildman–Crippen LogP) is 6.02. The minimum absolute atomic E-state index is 0.199. The normalized spacial score (nSPS) is 17.1. The van der Waals surface area contributed by atoms with Gasteiger partial charge in [0.15, 0.2) is 5.17 Å². The summed E-state index contributed by atoms with van der Waals surface area (Å²) < 4.78 is 6.05. The number of halogens is 1. The molecule has 0 aliphatic carbocycles. The Morgan fingerprint density at radius 3 is 2.46 bits per heavy atom. The molecule has 5 nitrogen and oxygen atoms in total. The fourth-order valence-corrected chi connectivity index (χ4v) is 5.21. The highest BCUT2D eigenvalue weighted by molar-refractivity contribution is 8.18. The zero-order chi connectivity index (χ0) is 24.2. The van der Waals surface area contributed by atoms with Crippen molar-refractivity contribution in [3.8, 4) is 5.75 Å². The number of rotatable bonds is 5. The predicted molar refractivity (Wildman–Crippen MR) is 145 cm³/mol. The smallest absolute Gasteiger partial charge is 0.286 e. The van der Waals surface area contributed by atoms with Gasteiger partial charge in [-0.1, -0.05) is 66.2 Å². The molecule has 5 rings (SSSR count). The van der Waals surface area contributed by atoms with Crippen molar-refractivity contribution in [2.24, 2.45) is 4.99 Å². The Bertz CT molecular complexity index is 1280. The van der Waals surface area contributed by atoms with Crippen molar-refractivity contribution < 1.29 is 9.53 Å². The second kappa shape index (κ2) is 10.6. The number of carbonyl (C=O) groups is 1. The van der Waals surface area contributed by atoms with E-state index in [4.69, 9.17) is 16.3 Å². The number of para-hydroxylation sites is 1. The van der Waals surface area contributed by atoms with Crippen LogP contribution in [-0.2, 0) is 11.4 Å². The van der Waals surface area contributed by atoms with E-state index >= 15 is 0 Å². The molecule has 0 atom stereocenters. The van der Waals surface area contributed by atoms with E-state index in [0.717, 1.165) is 64.5 Å². The number of benzene rings is 3. The molecule has 0 unspecified atom stereocenters. The molecule has 1 fully saturated rings. The number of hydrogen-bond acceptors (Lipinski definition) is 5. The van der Waals surface area contributed by atoms with Crippen LogP contribution in [0.3, 0.4) is 0 Å². The van der Waals surface area contributed by atoms with Crippen molar-refractivity contribution in [3.63, 3.8) is 0 Å². The molecule has 1 saturated heterocycles. The molecule has 3 aromatic carbocycles. The highest BCUT2D eigenvalue weighted by Crippen LogP contribution is 2.33. The van der Waals surface area contributed by atoms with Gasteiger partial charge in [-0.05, 0) is 54.1 Å². The van der Waals surface area contributed by atoms with Gasteiger partial charge in [-0.25, -0.2) is 0 Å². The first-order valence-electron chi connectivity index (χ1n) is 11.6. The summed E-state index contributed by atoms with van der Waals surface area (Å²) in [4.78, 5) is 22.2. The molecular weight excluding hydrogens is 478 g/mol. The Hall–Kier alpha value is -3.22. The first-order valence-corrected chi connectivity index (χ1v) is 12.8. The summed E-state index contributed by atoms with van der Waals surface area (Å²) in [6, 6.07) is 24.0. The standard InChI is InChI=1S/C28H26ClN3O2S/c1-20-11-12-23(18-24(20)29)31-13-15-32(16-14-31)28-30-27(33)26(35-28)17-22-9-5-6-10-25(22)34-19-21-7-3-2-4-8-21/h2-12,17-18H,13-16,19H2,1H3/b26-17+. The highest BCUT2D eigenvalue weighted by atomic mass is 35.5. The van der Waals surface area contributed by atoms with Crippen molar-refractivity contribution in [1.82, 2.24) is 4.90 Å². The minimum Gasteiger partial charge on any atom is -0.488 e. The Kier molecular flexibility index (Phi) is 7.11. The molecule has 1 amide bonds. The van der Waals surface area contributed by atoms with Crippen molar-refractivity contribution in [2.75, 3.05) is 31.1 Å². The van der Waals surface area contributed by atoms with Gasteiger partial charge < -0.3 is 14.5 Å². The topological polar surface area (TPSA) is 45.1 Å². The number of anilines is 1. The molecule has 0 radical (unpaired) electrons. The van der Waals surface area contributed by atoms with E-state index < -0.39 is 0 Å².